The molecule has 1 aliphatic heterocycles. The molecule has 8 nitrogen and oxygen atoms in total. The number of hydrogen-bond acceptors (Lipinski definition) is 6. The van der Waals surface area contributed by atoms with Gasteiger partial charge in [-0.2, -0.15) is 0 Å². The van der Waals surface area contributed by atoms with E-state index in [1.54, 1.807) is 18.2 Å². The number of fused-ring (bicyclic) bond motifs is 4. The summed E-state index contributed by atoms with van der Waals surface area (Å²) in [4.78, 5) is 16.8. The van der Waals surface area contributed by atoms with E-state index in [2.05, 4.69) is 20.5 Å². The van der Waals surface area contributed by atoms with Crippen molar-refractivity contribution in [2.24, 2.45) is 0 Å². The predicted octanol–water partition coefficient (Wildman–Crippen LogP) is 2.71. The molecule has 9 heteroatoms. The number of para-hydroxylation sites is 2. The minimum absolute atomic E-state index is 0.128. The van der Waals surface area contributed by atoms with Crippen molar-refractivity contribution in [3.8, 4) is 11.5 Å². The molecule has 0 spiro atoms. The Kier molecular flexibility index (Phi) is 3.86. The fraction of sp³-hybridized carbons (Fsp3) is 0.167. The van der Waals surface area contributed by atoms with Crippen LogP contribution < -0.4 is 14.8 Å². The lowest BCUT2D eigenvalue weighted by molar-refractivity contribution is -0.113. The van der Waals surface area contributed by atoms with E-state index < -0.39 is 0 Å². The second-order valence-corrected chi connectivity index (χ2v) is 6.90. The molecular formula is C18H15N5O3S. The van der Waals surface area contributed by atoms with Gasteiger partial charge in [-0.25, -0.2) is 10.1 Å². The highest BCUT2D eigenvalue weighted by Crippen LogP contribution is 2.32. The Morgan fingerprint density at radius 2 is 2.04 bits per heavy atom. The van der Waals surface area contributed by atoms with Gasteiger partial charge in [0.05, 0.1) is 16.8 Å². The van der Waals surface area contributed by atoms with E-state index in [1.165, 1.54) is 11.8 Å². The van der Waals surface area contributed by atoms with Gasteiger partial charge in [0.2, 0.25) is 11.7 Å². The fourth-order valence-corrected chi connectivity index (χ4v) is 3.74. The molecule has 0 saturated carbocycles. The molecular weight excluding hydrogens is 366 g/mol. The van der Waals surface area contributed by atoms with Gasteiger partial charge in [0.15, 0.2) is 16.7 Å². The molecule has 1 aliphatic rings. The zero-order valence-electron chi connectivity index (χ0n) is 14.1. The Bertz CT molecular complexity index is 1150. The summed E-state index contributed by atoms with van der Waals surface area (Å²) in [7, 11) is 0. The van der Waals surface area contributed by atoms with Crippen molar-refractivity contribution < 1.29 is 14.3 Å². The van der Waals surface area contributed by atoms with Crippen LogP contribution in [0.4, 0.5) is 5.69 Å². The topological polar surface area (TPSA) is 93.5 Å². The number of H-pyrrole nitrogens is 1. The maximum Gasteiger partial charge on any atom is 0.234 e. The normalized spacial score (nSPS) is 13.2. The van der Waals surface area contributed by atoms with Crippen molar-refractivity contribution in [2.75, 3.05) is 24.3 Å². The average Bonchev–Trinajstić information content (AvgIpc) is 3.25. The first kappa shape index (κ1) is 16.0. The number of benzene rings is 2. The highest BCUT2D eigenvalue weighted by atomic mass is 32.2. The Morgan fingerprint density at radius 1 is 1.19 bits per heavy atom. The summed E-state index contributed by atoms with van der Waals surface area (Å²) >= 11 is 1.34. The largest absolute Gasteiger partial charge is 0.486 e. The van der Waals surface area contributed by atoms with Crippen LogP contribution in [0.2, 0.25) is 0 Å². The van der Waals surface area contributed by atoms with Gasteiger partial charge >= 0.3 is 0 Å². The van der Waals surface area contributed by atoms with Crippen LogP contribution in [0.3, 0.4) is 0 Å². The van der Waals surface area contributed by atoms with Crippen LogP contribution in [-0.2, 0) is 4.79 Å². The number of carbonyl (C=O) groups excluding carboxylic acids is 1. The average molecular weight is 381 g/mol. The summed E-state index contributed by atoms with van der Waals surface area (Å²) in [6.07, 6.45) is 0. The highest BCUT2D eigenvalue weighted by Gasteiger charge is 2.15. The van der Waals surface area contributed by atoms with Crippen LogP contribution >= 0.6 is 11.8 Å². The van der Waals surface area contributed by atoms with E-state index in [0.717, 1.165) is 11.0 Å². The lowest BCUT2D eigenvalue weighted by Gasteiger charge is -2.18. The van der Waals surface area contributed by atoms with Gasteiger partial charge in [-0.15, -0.1) is 5.10 Å². The molecule has 2 aromatic carbocycles. The number of carbonyl (C=O) groups is 1. The number of thioether (sulfide) groups is 1. The number of aromatic amines is 1. The Morgan fingerprint density at radius 3 is 2.96 bits per heavy atom. The van der Waals surface area contributed by atoms with Crippen LogP contribution in [0, 0.1) is 0 Å². The summed E-state index contributed by atoms with van der Waals surface area (Å²) in [5.41, 5.74) is 2.51. The van der Waals surface area contributed by atoms with Crippen LogP contribution in [0.25, 0.3) is 16.8 Å². The highest BCUT2D eigenvalue weighted by molar-refractivity contribution is 7.99. The third-order valence-electron chi connectivity index (χ3n) is 4.16. The molecule has 0 saturated heterocycles. The van der Waals surface area contributed by atoms with Gasteiger partial charge in [0, 0.05) is 11.8 Å². The monoisotopic (exact) mass is 381 g/mol. The first-order chi connectivity index (χ1) is 13.3. The Hall–Kier alpha value is -3.20. The maximum absolute atomic E-state index is 12.3. The molecule has 1 amide bonds. The van der Waals surface area contributed by atoms with Gasteiger partial charge in [-0.05, 0) is 24.3 Å². The summed E-state index contributed by atoms with van der Waals surface area (Å²) in [5.74, 6) is 2.09. The van der Waals surface area contributed by atoms with Crippen LogP contribution in [0.15, 0.2) is 47.6 Å². The van der Waals surface area contributed by atoms with Crippen molar-refractivity contribution in [3.05, 3.63) is 42.5 Å². The van der Waals surface area contributed by atoms with Gasteiger partial charge in [0.25, 0.3) is 0 Å². The number of hydrogen-bond donors (Lipinski definition) is 2. The predicted molar refractivity (Wildman–Crippen MR) is 102 cm³/mol. The zero-order chi connectivity index (χ0) is 18.2. The van der Waals surface area contributed by atoms with Crippen molar-refractivity contribution in [2.45, 2.75) is 5.16 Å². The first-order valence-electron chi connectivity index (χ1n) is 8.42. The van der Waals surface area contributed by atoms with E-state index in [1.807, 2.05) is 28.7 Å². The van der Waals surface area contributed by atoms with Gasteiger partial charge in [-0.1, -0.05) is 23.9 Å². The number of amides is 1. The number of nitrogens with one attached hydrogen (secondary N) is 2. The molecule has 27 heavy (non-hydrogen) atoms. The standard InChI is InChI=1S/C18H15N5O3S/c24-16(19-11-5-6-14-15(9-11)26-8-7-25-14)10-27-18-22-21-17-20-12-3-1-2-4-13(12)23(17)18/h1-6,9H,7-8,10H2,(H,19,24)(H,20,21). The van der Waals surface area contributed by atoms with E-state index in [4.69, 9.17) is 9.47 Å². The maximum atomic E-state index is 12.3. The minimum atomic E-state index is -0.128. The number of aromatic nitrogens is 4. The van der Waals surface area contributed by atoms with Crippen LogP contribution in [-0.4, -0.2) is 44.5 Å². The van der Waals surface area contributed by atoms with E-state index in [0.29, 0.717) is 41.3 Å². The van der Waals surface area contributed by atoms with Crippen LogP contribution in [0.1, 0.15) is 0 Å². The van der Waals surface area contributed by atoms with Gasteiger partial charge in [-0.3, -0.25) is 9.20 Å². The molecule has 0 radical (unpaired) electrons. The van der Waals surface area contributed by atoms with Gasteiger partial charge in [0.1, 0.15) is 13.2 Å². The quantitative estimate of drug-likeness (QED) is 0.528. The van der Waals surface area contributed by atoms with Crippen molar-refractivity contribution in [1.82, 2.24) is 19.6 Å². The summed E-state index contributed by atoms with van der Waals surface area (Å²) in [6, 6.07) is 13.2. The zero-order valence-corrected chi connectivity index (χ0v) is 15.0. The van der Waals surface area contributed by atoms with Crippen molar-refractivity contribution >= 4 is 40.2 Å². The van der Waals surface area contributed by atoms with Crippen molar-refractivity contribution in [3.63, 3.8) is 0 Å². The Labute approximate surface area is 157 Å². The number of nitrogens with zero attached hydrogens (tertiary/aromatic N) is 3. The van der Waals surface area contributed by atoms with Crippen LogP contribution in [0.5, 0.6) is 11.5 Å². The number of rotatable bonds is 4. The smallest absolute Gasteiger partial charge is 0.234 e. The molecule has 0 atom stereocenters. The molecule has 0 fully saturated rings. The lowest BCUT2D eigenvalue weighted by Crippen LogP contribution is -2.17. The third-order valence-corrected chi connectivity index (χ3v) is 5.10. The molecule has 5 rings (SSSR count). The summed E-state index contributed by atoms with van der Waals surface area (Å²) in [5, 5.41) is 10.7. The molecule has 3 heterocycles. The molecule has 0 aliphatic carbocycles. The van der Waals surface area contributed by atoms with E-state index >= 15 is 0 Å². The number of anilines is 1. The SMILES string of the molecule is O=C(CSc1n[nH]c2nc3ccccc3n12)Nc1ccc2c(c1)OCCO2. The number of ether oxygens (including phenoxy) is 2. The van der Waals surface area contributed by atoms with E-state index in [9.17, 15) is 4.79 Å². The summed E-state index contributed by atoms with van der Waals surface area (Å²) < 4.78 is 12.9. The Balaban J connectivity index is 1.30. The molecule has 4 aromatic rings. The van der Waals surface area contributed by atoms with E-state index in [-0.39, 0.29) is 11.7 Å². The number of imidazole rings is 1. The minimum Gasteiger partial charge on any atom is -0.486 e. The molecule has 2 aromatic heterocycles. The first-order valence-corrected chi connectivity index (χ1v) is 9.40. The fourth-order valence-electron chi connectivity index (χ4n) is 2.99. The molecule has 0 unspecified atom stereocenters. The van der Waals surface area contributed by atoms with Gasteiger partial charge < -0.3 is 14.8 Å². The second-order valence-electron chi connectivity index (χ2n) is 5.96. The molecule has 136 valence electrons. The second kappa shape index (κ2) is 6.51. The third kappa shape index (κ3) is 2.95. The lowest BCUT2D eigenvalue weighted by atomic mass is 10.2. The molecule has 0 bridgehead atoms. The summed E-state index contributed by atoms with van der Waals surface area (Å²) in [6.45, 7) is 1.05. The molecule has 2 N–H and O–H groups in total. The van der Waals surface area contributed by atoms with Crippen molar-refractivity contribution in [1.29, 1.82) is 0 Å².